The molecule has 5 rings (SSSR count). The minimum Gasteiger partial charge on any atom is -0.493 e. The van der Waals surface area contributed by atoms with Gasteiger partial charge in [0.05, 0.1) is 13.2 Å². The van der Waals surface area contributed by atoms with Gasteiger partial charge in [-0.3, -0.25) is 0 Å². The minimum atomic E-state index is 0.596. The molecule has 2 unspecified atom stereocenters. The van der Waals surface area contributed by atoms with E-state index in [0.29, 0.717) is 11.8 Å². The summed E-state index contributed by atoms with van der Waals surface area (Å²) < 4.78 is 13.8. The van der Waals surface area contributed by atoms with E-state index < -0.39 is 0 Å². The van der Waals surface area contributed by atoms with E-state index in [4.69, 9.17) is 9.47 Å². The number of hydrogen-bond acceptors (Lipinski definition) is 2. The maximum absolute atomic E-state index is 6.99. The SMILES string of the molecule is CCCCCCCCC(CCCCCC)COc1ccc(OCC(CCCCCC)CCCCCCCC)c(-c2ccc3ccc4cccc5ccc2c3c45)c1. The fourth-order valence-corrected chi connectivity index (χ4v) is 9.10. The first kappa shape index (κ1) is 43.9. The normalized spacial score (nSPS) is 12.9. The first-order valence-corrected chi connectivity index (χ1v) is 23.7. The largest absolute Gasteiger partial charge is 0.493 e. The van der Waals surface area contributed by atoms with Gasteiger partial charge in [-0.15, -0.1) is 0 Å². The van der Waals surface area contributed by atoms with E-state index in [2.05, 4.69) is 100 Å². The van der Waals surface area contributed by atoms with E-state index in [1.807, 2.05) is 0 Å². The Labute approximate surface area is 342 Å². The fourth-order valence-electron chi connectivity index (χ4n) is 9.10. The summed E-state index contributed by atoms with van der Waals surface area (Å²) in [6.45, 7) is 10.8. The van der Waals surface area contributed by atoms with Crippen molar-refractivity contribution in [2.45, 2.75) is 182 Å². The second-order valence-electron chi connectivity index (χ2n) is 17.3. The highest BCUT2D eigenvalue weighted by Gasteiger charge is 2.18. The molecule has 0 fully saturated rings. The Morgan fingerprint density at radius 3 is 1.39 bits per heavy atom. The fraction of sp³-hybridized carbons (Fsp3) is 0.593. The lowest BCUT2D eigenvalue weighted by Crippen LogP contribution is -2.14. The Balaban J connectivity index is 1.40. The monoisotopic (exact) mass is 759 g/mol. The Hall–Kier alpha value is -3.26. The highest BCUT2D eigenvalue weighted by atomic mass is 16.5. The first-order valence-electron chi connectivity index (χ1n) is 23.7. The Bertz CT molecular complexity index is 1770. The van der Waals surface area contributed by atoms with Gasteiger partial charge in [-0.25, -0.2) is 0 Å². The van der Waals surface area contributed by atoms with Crippen molar-refractivity contribution in [3.8, 4) is 22.6 Å². The Kier molecular flexibility index (Phi) is 19.7. The van der Waals surface area contributed by atoms with Gasteiger partial charge < -0.3 is 9.47 Å². The summed E-state index contributed by atoms with van der Waals surface area (Å²) in [6, 6.07) is 27.3. The summed E-state index contributed by atoms with van der Waals surface area (Å²) in [4.78, 5) is 0. The molecule has 2 heteroatoms. The smallest absolute Gasteiger partial charge is 0.127 e. The average molecular weight is 759 g/mol. The summed E-state index contributed by atoms with van der Waals surface area (Å²) in [6.07, 6.45) is 31.9. The van der Waals surface area contributed by atoms with Gasteiger partial charge in [-0.05, 0) is 93.6 Å². The first-order chi connectivity index (χ1) is 27.7. The van der Waals surface area contributed by atoms with Gasteiger partial charge in [0.25, 0.3) is 0 Å². The van der Waals surface area contributed by atoms with E-state index in [9.17, 15) is 0 Å². The van der Waals surface area contributed by atoms with Gasteiger partial charge in [-0.2, -0.15) is 0 Å². The van der Waals surface area contributed by atoms with Crippen LogP contribution >= 0.6 is 0 Å². The van der Waals surface area contributed by atoms with Gasteiger partial charge in [-0.1, -0.05) is 211 Å². The maximum Gasteiger partial charge on any atom is 0.127 e. The van der Waals surface area contributed by atoms with E-state index in [1.54, 1.807) is 0 Å². The third-order valence-corrected chi connectivity index (χ3v) is 12.6. The van der Waals surface area contributed by atoms with E-state index in [-0.39, 0.29) is 0 Å². The van der Waals surface area contributed by atoms with Crippen LogP contribution in [-0.2, 0) is 0 Å². The number of ether oxygens (including phenoxy) is 2. The molecule has 0 amide bonds. The van der Waals surface area contributed by atoms with Crippen LogP contribution in [0.4, 0.5) is 0 Å². The van der Waals surface area contributed by atoms with Crippen LogP contribution in [0.3, 0.4) is 0 Å². The van der Waals surface area contributed by atoms with Crippen molar-refractivity contribution in [2.24, 2.45) is 11.8 Å². The van der Waals surface area contributed by atoms with Crippen LogP contribution in [0.15, 0.2) is 72.8 Å². The van der Waals surface area contributed by atoms with Gasteiger partial charge in [0, 0.05) is 5.56 Å². The highest BCUT2D eigenvalue weighted by Crippen LogP contribution is 2.43. The summed E-state index contributed by atoms with van der Waals surface area (Å²) >= 11 is 0. The van der Waals surface area contributed by atoms with Crippen molar-refractivity contribution >= 4 is 32.3 Å². The highest BCUT2D eigenvalue weighted by molar-refractivity contribution is 6.25. The molecule has 2 atom stereocenters. The molecule has 0 bridgehead atoms. The molecule has 0 radical (unpaired) electrons. The molecule has 0 aliphatic carbocycles. The quantitative estimate of drug-likeness (QED) is 0.0331. The molecule has 0 aliphatic rings. The summed E-state index contributed by atoms with van der Waals surface area (Å²) in [5.74, 6) is 3.18. The number of rotatable bonds is 31. The van der Waals surface area contributed by atoms with Crippen molar-refractivity contribution < 1.29 is 9.47 Å². The molecule has 0 saturated heterocycles. The molecule has 5 aromatic rings. The average Bonchev–Trinajstić information content (AvgIpc) is 3.23. The lowest BCUT2D eigenvalue weighted by Gasteiger charge is -2.22. The standard InChI is InChI=1S/C54H78O2/c1-5-9-13-17-19-23-28-43(26-21-15-11-7-3)41-55-48-36-39-52(56-42-44(27-22-16-12-8-4)29-24-20-18-14-10-6-2)51(40-48)49-37-34-47-33-32-45-30-25-31-46-35-38-50(49)54(47)53(45)46/h25,30-40,43-44H,5-24,26-29,41-42H2,1-4H3. The molecular weight excluding hydrogens is 681 g/mol. The number of benzene rings is 5. The van der Waals surface area contributed by atoms with Crippen molar-refractivity contribution in [1.82, 2.24) is 0 Å². The van der Waals surface area contributed by atoms with Gasteiger partial charge in [0.15, 0.2) is 0 Å². The molecule has 0 saturated carbocycles. The molecule has 5 aromatic carbocycles. The minimum absolute atomic E-state index is 0.596. The molecular formula is C54H78O2. The van der Waals surface area contributed by atoms with Crippen LogP contribution in [0, 0.1) is 11.8 Å². The van der Waals surface area contributed by atoms with Crippen LogP contribution in [0.5, 0.6) is 11.5 Å². The Morgan fingerprint density at radius 2 is 0.839 bits per heavy atom. The number of hydrogen-bond donors (Lipinski definition) is 0. The van der Waals surface area contributed by atoms with Crippen molar-refractivity contribution in [3.05, 3.63) is 72.8 Å². The number of unbranched alkanes of at least 4 members (excludes halogenated alkanes) is 16. The molecule has 0 heterocycles. The molecule has 56 heavy (non-hydrogen) atoms. The van der Waals surface area contributed by atoms with Crippen LogP contribution in [0.25, 0.3) is 43.4 Å². The predicted molar refractivity (Wildman–Crippen MR) is 247 cm³/mol. The summed E-state index contributed by atoms with van der Waals surface area (Å²) in [5, 5.41) is 7.94. The molecule has 0 N–H and O–H groups in total. The van der Waals surface area contributed by atoms with Crippen molar-refractivity contribution in [2.75, 3.05) is 13.2 Å². The molecule has 0 aromatic heterocycles. The zero-order chi connectivity index (χ0) is 39.2. The molecule has 2 nitrogen and oxygen atoms in total. The molecule has 0 aliphatic heterocycles. The van der Waals surface area contributed by atoms with E-state index in [0.717, 1.165) is 24.7 Å². The van der Waals surface area contributed by atoms with Crippen LogP contribution in [0.2, 0.25) is 0 Å². The zero-order valence-electron chi connectivity index (χ0n) is 36.3. The lowest BCUT2D eigenvalue weighted by atomic mass is 9.89. The third kappa shape index (κ3) is 13.4. The summed E-state index contributed by atoms with van der Waals surface area (Å²) in [5.41, 5.74) is 2.41. The van der Waals surface area contributed by atoms with Crippen LogP contribution < -0.4 is 9.47 Å². The third-order valence-electron chi connectivity index (χ3n) is 12.6. The maximum atomic E-state index is 6.99. The van der Waals surface area contributed by atoms with Crippen molar-refractivity contribution in [3.63, 3.8) is 0 Å². The zero-order valence-corrected chi connectivity index (χ0v) is 36.3. The topological polar surface area (TPSA) is 18.5 Å². The Morgan fingerprint density at radius 1 is 0.393 bits per heavy atom. The molecule has 306 valence electrons. The van der Waals surface area contributed by atoms with Crippen molar-refractivity contribution in [1.29, 1.82) is 0 Å². The molecule has 0 spiro atoms. The van der Waals surface area contributed by atoms with E-state index >= 15 is 0 Å². The predicted octanol–water partition coefficient (Wildman–Crippen LogP) is 17.7. The second kappa shape index (κ2) is 25.2. The summed E-state index contributed by atoms with van der Waals surface area (Å²) in [7, 11) is 0. The van der Waals surface area contributed by atoms with Gasteiger partial charge in [0.2, 0.25) is 0 Å². The van der Waals surface area contributed by atoms with E-state index in [1.165, 1.54) is 198 Å². The van der Waals surface area contributed by atoms with Gasteiger partial charge >= 0.3 is 0 Å². The van der Waals surface area contributed by atoms with Crippen LogP contribution in [0.1, 0.15) is 182 Å². The van der Waals surface area contributed by atoms with Gasteiger partial charge in [0.1, 0.15) is 11.5 Å². The lowest BCUT2D eigenvalue weighted by molar-refractivity contribution is 0.219. The van der Waals surface area contributed by atoms with Crippen LogP contribution in [-0.4, -0.2) is 13.2 Å². The second-order valence-corrected chi connectivity index (χ2v) is 17.3.